The molecule has 3 aliphatic rings. The van der Waals surface area contributed by atoms with Crippen molar-refractivity contribution in [2.45, 2.75) is 47.0 Å². The zero-order chi connectivity index (χ0) is 71.0. The van der Waals surface area contributed by atoms with E-state index < -0.39 is 5.82 Å². The van der Waals surface area contributed by atoms with Gasteiger partial charge in [0, 0.05) is 97.3 Å². The fourth-order valence-corrected chi connectivity index (χ4v) is 17.3. The zero-order valence-electron chi connectivity index (χ0n) is 57.5. The molecule has 9 aromatic carbocycles. The van der Waals surface area contributed by atoms with E-state index in [1.54, 1.807) is 54.6 Å². The van der Waals surface area contributed by atoms with Crippen molar-refractivity contribution in [1.29, 1.82) is 0 Å². The van der Waals surface area contributed by atoms with Gasteiger partial charge in [0.25, 0.3) is 0 Å². The van der Waals surface area contributed by atoms with E-state index in [1.807, 2.05) is 116 Å². The number of benzene rings is 9. The second kappa shape index (κ2) is 32.2. The van der Waals surface area contributed by atoms with E-state index in [2.05, 4.69) is 35.5 Å². The van der Waals surface area contributed by atoms with E-state index in [4.69, 9.17) is 14.2 Å². The Hall–Kier alpha value is -9.59. The van der Waals surface area contributed by atoms with Crippen LogP contribution in [0.25, 0.3) is 63.6 Å². The monoisotopic (exact) mass is 1420 g/mol. The first-order valence-corrected chi connectivity index (χ1v) is 37.2. The summed E-state index contributed by atoms with van der Waals surface area (Å²) in [6.45, 7) is 20.4. The van der Waals surface area contributed by atoms with Crippen molar-refractivity contribution in [2.24, 2.45) is 17.8 Å². The molecule has 3 atom stereocenters. The molecule has 15 rings (SSSR count). The normalized spacial score (nSPS) is 16.2. The number of fused-ring (bicyclic) bond motifs is 3. The standard InChI is InChI=1S/C29H29NO3S.2C28H26FNO3S/c1-19-3-5-22(6-4-19)28(32)29-27(25-12-9-23(31)17-26(25)34-29)21-7-10-24(11-8-21)33-16-15-30-14-13-20(2)18-30;1-18-12-13-30(17-18)14-15-33-23-9-4-19(5-10-23)26-24-11-8-22(31)16-25(24)34-28(26)27(32)20-2-6-21(29)7-3-20;1-18-12-13-30(17-18)14-15-33-21-9-6-19(7-10-21)26-23-11-8-20(31)16-25(23)34-28(26)27(32)22-4-2-3-5-24(22)29/h3-12,17,20,31H,13-16,18H2,1-2H3;2*2-11,16,18,31H,12-15,17H2,1H3/t20-;2*18-/m111/s1. The summed E-state index contributed by atoms with van der Waals surface area (Å²) in [6, 6.07) is 58.2. The number of carbonyl (C=O) groups is 3. The van der Waals surface area contributed by atoms with Crippen LogP contribution >= 0.6 is 34.0 Å². The van der Waals surface area contributed by atoms with Gasteiger partial charge in [0.1, 0.15) is 66.0 Å². The third-order valence-electron chi connectivity index (χ3n) is 19.2. The molecule has 12 nitrogen and oxygen atoms in total. The quantitative estimate of drug-likeness (QED) is 0.0588. The van der Waals surface area contributed by atoms with Gasteiger partial charge >= 0.3 is 0 Å². The number of ether oxygens (including phenoxy) is 3. The van der Waals surface area contributed by atoms with Crippen LogP contribution in [0.3, 0.4) is 0 Å². The SMILES string of the molecule is C[C@@H]1CCN(CCOc2ccc(-c3c(C(=O)c4ccc(F)cc4)sc4cc(O)ccc34)cc2)C1.C[C@@H]1CCN(CCOc2ccc(-c3c(C(=O)c4ccccc4F)sc4cc(O)ccc34)cc2)C1.Cc1ccc(C(=O)c2sc3cc(O)ccc3c2-c2ccc(OCCN3CC[C@@H](C)C3)cc2)cc1. The molecular weight excluding hydrogens is 1340 g/mol. The second-order valence-electron chi connectivity index (χ2n) is 27.0. The highest BCUT2D eigenvalue weighted by molar-refractivity contribution is 7.22. The summed E-state index contributed by atoms with van der Waals surface area (Å²) in [6.07, 6.45) is 3.76. The number of thiophene rings is 3. The minimum atomic E-state index is -0.546. The maximum atomic E-state index is 14.4. The Morgan fingerprint density at radius 1 is 0.422 bits per heavy atom. The van der Waals surface area contributed by atoms with Crippen LogP contribution in [0.5, 0.6) is 34.5 Å². The topological polar surface area (TPSA) is 149 Å². The zero-order valence-corrected chi connectivity index (χ0v) is 60.0. The first-order valence-electron chi connectivity index (χ1n) is 34.8. The largest absolute Gasteiger partial charge is 0.508 e. The van der Waals surface area contributed by atoms with Crippen molar-refractivity contribution in [3.63, 3.8) is 0 Å². The molecule has 3 fully saturated rings. The lowest BCUT2D eigenvalue weighted by Crippen LogP contribution is -2.25. The number of ketones is 3. The van der Waals surface area contributed by atoms with Crippen LogP contribution in [0.15, 0.2) is 200 Å². The van der Waals surface area contributed by atoms with Gasteiger partial charge in [0.2, 0.25) is 17.3 Å². The first kappa shape index (κ1) is 70.8. The molecule has 3 aromatic heterocycles. The number of carbonyl (C=O) groups excluding carboxylic acids is 3. The number of halogens is 2. The molecule has 0 aliphatic carbocycles. The summed E-state index contributed by atoms with van der Waals surface area (Å²) in [5, 5.41) is 32.6. The highest BCUT2D eigenvalue weighted by atomic mass is 32.1. The van der Waals surface area contributed by atoms with E-state index in [9.17, 15) is 38.5 Å². The van der Waals surface area contributed by atoms with E-state index in [0.29, 0.717) is 45.6 Å². The summed E-state index contributed by atoms with van der Waals surface area (Å²) in [5.41, 5.74) is 7.41. The fraction of sp³-hybridized carbons (Fsp3) is 0.259. The lowest BCUT2D eigenvalue weighted by Gasteiger charge is -2.15. The lowest BCUT2D eigenvalue weighted by atomic mass is 9.98. The number of hydrogen-bond donors (Lipinski definition) is 3. The summed E-state index contributed by atoms with van der Waals surface area (Å²) in [4.78, 5) is 49.2. The first-order chi connectivity index (χ1) is 49.4. The number of rotatable bonds is 21. The Morgan fingerprint density at radius 3 is 1.09 bits per heavy atom. The molecule has 0 saturated carbocycles. The highest BCUT2D eigenvalue weighted by Crippen LogP contribution is 2.45. The highest BCUT2D eigenvalue weighted by Gasteiger charge is 2.27. The smallest absolute Gasteiger partial charge is 0.206 e. The van der Waals surface area contributed by atoms with Crippen molar-refractivity contribution in [1.82, 2.24) is 14.7 Å². The molecule has 0 unspecified atom stereocenters. The maximum Gasteiger partial charge on any atom is 0.206 e. The number of nitrogens with zero attached hydrogens (tertiary/aromatic N) is 3. The molecule has 522 valence electrons. The number of aryl methyl sites for hydroxylation is 1. The predicted molar refractivity (Wildman–Crippen MR) is 408 cm³/mol. The van der Waals surface area contributed by atoms with Gasteiger partial charge < -0.3 is 29.5 Å². The molecule has 17 heteroatoms. The molecule has 3 saturated heterocycles. The number of hydrogen-bond acceptors (Lipinski definition) is 15. The van der Waals surface area contributed by atoms with Crippen molar-refractivity contribution < 1.29 is 52.7 Å². The molecule has 6 heterocycles. The third kappa shape index (κ3) is 16.8. The van der Waals surface area contributed by atoms with Crippen molar-refractivity contribution in [2.75, 3.05) is 78.7 Å². The van der Waals surface area contributed by atoms with Crippen molar-refractivity contribution in [3.8, 4) is 67.9 Å². The minimum Gasteiger partial charge on any atom is -0.508 e. The number of phenolic OH excluding ortho intramolecular Hbond substituents is 3. The lowest BCUT2D eigenvalue weighted by molar-refractivity contribution is 0.103. The summed E-state index contributed by atoms with van der Waals surface area (Å²) >= 11 is 4.02. The summed E-state index contributed by atoms with van der Waals surface area (Å²) in [7, 11) is 0. The average Bonchev–Trinajstić information content (AvgIpc) is 1.63. The van der Waals surface area contributed by atoms with Crippen LogP contribution in [0.4, 0.5) is 8.78 Å². The molecule has 0 amide bonds. The van der Waals surface area contributed by atoms with Crippen molar-refractivity contribution >= 4 is 81.6 Å². The van der Waals surface area contributed by atoms with Crippen LogP contribution in [-0.2, 0) is 0 Å². The number of aromatic hydroxyl groups is 3. The maximum absolute atomic E-state index is 14.4. The summed E-state index contributed by atoms with van der Waals surface area (Å²) in [5.74, 6) is 3.69. The third-order valence-corrected chi connectivity index (χ3v) is 22.6. The Kier molecular flexibility index (Phi) is 22.3. The van der Waals surface area contributed by atoms with Crippen molar-refractivity contribution in [3.05, 3.63) is 249 Å². The van der Waals surface area contributed by atoms with Gasteiger partial charge in [-0.05, 0) is 208 Å². The Balaban J connectivity index is 0.000000137. The second-order valence-corrected chi connectivity index (χ2v) is 30.2. The van der Waals surface area contributed by atoms with Crippen LogP contribution in [0.2, 0.25) is 0 Å². The average molecular weight is 1420 g/mol. The molecule has 12 aromatic rings. The van der Waals surface area contributed by atoms with E-state index >= 15 is 0 Å². The van der Waals surface area contributed by atoms with E-state index in [0.717, 1.165) is 163 Å². The molecule has 3 aliphatic heterocycles. The van der Waals surface area contributed by atoms with Gasteiger partial charge in [-0.2, -0.15) is 0 Å². The Morgan fingerprint density at radius 2 is 0.755 bits per heavy atom. The Bertz CT molecular complexity index is 4730. The van der Waals surface area contributed by atoms with Crippen LogP contribution in [0, 0.1) is 36.3 Å². The molecule has 0 radical (unpaired) electrons. The van der Waals surface area contributed by atoms with Gasteiger partial charge in [0.15, 0.2) is 0 Å². The minimum absolute atomic E-state index is 0.00384. The van der Waals surface area contributed by atoms with Gasteiger partial charge in [-0.15, -0.1) is 34.0 Å². The number of phenols is 3. The van der Waals surface area contributed by atoms with Gasteiger partial charge in [-0.3, -0.25) is 29.1 Å². The van der Waals surface area contributed by atoms with E-state index in [1.165, 1.54) is 89.7 Å². The molecular formula is C85H81F2N3O9S3. The van der Waals surface area contributed by atoms with Gasteiger partial charge in [-0.1, -0.05) is 99.1 Å². The van der Waals surface area contributed by atoms with Gasteiger partial charge in [0.05, 0.1) is 20.2 Å². The molecule has 3 N–H and O–H groups in total. The fourth-order valence-electron chi connectivity index (χ4n) is 13.7. The molecule has 0 spiro atoms. The van der Waals surface area contributed by atoms with E-state index in [-0.39, 0.29) is 46.0 Å². The van der Waals surface area contributed by atoms with Gasteiger partial charge in [-0.25, -0.2) is 8.78 Å². The van der Waals surface area contributed by atoms with Crippen LogP contribution in [-0.4, -0.2) is 126 Å². The number of likely N-dealkylation sites (tertiary alicyclic amines) is 3. The summed E-state index contributed by atoms with van der Waals surface area (Å²) < 4.78 is 48.2. The molecule has 102 heavy (non-hydrogen) atoms. The van der Waals surface area contributed by atoms with Crippen LogP contribution < -0.4 is 14.2 Å². The van der Waals surface area contributed by atoms with Crippen LogP contribution in [0.1, 0.15) is 91.3 Å². The predicted octanol–water partition coefficient (Wildman–Crippen LogP) is 19.3. The molecule has 0 bridgehead atoms. The Labute approximate surface area is 605 Å².